The fourth-order valence-corrected chi connectivity index (χ4v) is 4.51. The van der Waals surface area contributed by atoms with Gasteiger partial charge < -0.3 is 9.72 Å². The first-order chi connectivity index (χ1) is 14.4. The van der Waals surface area contributed by atoms with E-state index in [1.807, 2.05) is 47.1 Å². The van der Waals surface area contributed by atoms with Crippen molar-refractivity contribution in [2.75, 3.05) is 25.9 Å². The lowest BCUT2D eigenvalue weighted by Crippen LogP contribution is -2.32. The molecule has 3 aromatic rings. The average molecular weight is 447 g/mol. The highest BCUT2D eigenvalue weighted by Crippen LogP contribution is 2.23. The molecule has 0 aliphatic heterocycles. The van der Waals surface area contributed by atoms with Crippen molar-refractivity contribution < 1.29 is 13.2 Å². The van der Waals surface area contributed by atoms with Crippen molar-refractivity contribution in [3.63, 3.8) is 0 Å². The van der Waals surface area contributed by atoms with Crippen LogP contribution in [0.4, 0.5) is 0 Å². The van der Waals surface area contributed by atoms with Crippen LogP contribution in [0, 0.1) is 0 Å². The number of carbonyl (C=O) groups excluding carboxylic acids is 1. The molecule has 0 spiro atoms. The molecule has 2 aromatic heterocycles. The Labute approximate surface area is 181 Å². The summed E-state index contributed by atoms with van der Waals surface area (Å²) in [6.07, 6.45) is 4.56. The van der Waals surface area contributed by atoms with Crippen LogP contribution in [0.2, 0.25) is 0 Å². The molecule has 0 saturated heterocycles. The van der Waals surface area contributed by atoms with E-state index in [0.717, 1.165) is 22.0 Å². The SMILES string of the molecule is CCS(=O)(=O)N(C)CCCNC(=O)c1ccc(SCc2cn3ccccc3n2)cc1. The number of nitrogens with zero attached hydrogens (tertiary/aromatic N) is 3. The van der Waals surface area contributed by atoms with Crippen LogP contribution in [0.5, 0.6) is 0 Å². The minimum absolute atomic E-state index is 0.0807. The lowest BCUT2D eigenvalue weighted by Gasteiger charge is -2.15. The molecular weight excluding hydrogens is 420 g/mol. The van der Waals surface area contributed by atoms with Gasteiger partial charge in [-0.3, -0.25) is 4.79 Å². The number of pyridine rings is 1. The number of rotatable bonds is 10. The number of carbonyl (C=O) groups is 1. The summed E-state index contributed by atoms with van der Waals surface area (Å²) < 4.78 is 26.7. The zero-order chi connectivity index (χ0) is 21.6. The van der Waals surface area contributed by atoms with Gasteiger partial charge >= 0.3 is 0 Å². The van der Waals surface area contributed by atoms with Gasteiger partial charge in [-0.05, 0) is 49.7 Å². The van der Waals surface area contributed by atoms with Crippen LogP contribution in [0.1, 0.15) is 29.4 Å². The highest BCUT2D eigenvalue weighted by molar-refractivity contribution is 7.98. The fourth-order valence-electron chi connectivity index (χ4n) is 2.88. The van der Waals surface area contributed by atoms with Crippen molar-refractivity contribution in [3.8, 4) is 0 Å². The fraction of sp³-hybridized carbons (Fsp3) is 0.333. The van der Waals surface area contributed by atoms with E-state index in [2.05, 4.69) is 10.3 Å². The Morgan fingerprint density at radius 3 is 2.67 bits per heavy atom. The van der Waals surface area contributed by atoms with Gasteiger partial charge in [0.1, 0.15) is 5.65 Å². The van der Waals surface area contributed by atoms with E-state index in [-0.39, 0.29) is 11.7 Å². The first kappa shape index (κ1) is 22.3. The zero-order valence-corrected chi connectivity index (χ0v) is 18.7. The standard InChI is InChI=1S/C21H26N4O3S2/c1-3-30(27,28)24(2)13-6-12-22-21(26)17-8-10-19(11-9-17)29-16-18-15-25-14-5-4-7-20(25)23-18/h4-5,7-11,14-15H,3,6,12-13,16H2,1-2H3,(H,22,26). The number of amides is 1. The monoisotopic (exact) mass is 446 g/mol. The Bertz CT molecular complexity index is 1060. The number of hydrogen-bond acceptors (Lipinski definition) is 5. The summed E-state index contributed by atoms with van der Waals surface area (Å²) in [5.74, 6) is 0.673. The smallest absolute Gasteiger partial charge is 0.251 e. The predicted molar refractivity (Wildman–Crippen MR) is 120 cm³/mol. The molecule has 0 atom stereocenters. The molecule has 0 fully saturated rings. The Morgan fingerprint density at radius 1 is 1.20 bits per heavy atom. The molecule has 1 amide bonds. The first-order valence-corrected chi connectivity index (χ1v) is 12.4. The minimum atomic E-state index is -3.18. The molecule has 7 nitrogen and oxygen atoms in total. The molecule has 3 rings (SSSR count). The largest absolute Gasteiger partial charge is 0.352 e. The molecule has 0 bridgehead atoms. The van der Waals surface area contributed by atoms with Crippen LogP contribution in [-0.2, 0) is 15.8 Å². The van der Waals surface area contributed by atoms with Gasteiger partial charge in [0.2, 0.25) is 10.0 Å². The minimum Gasteiger partial charge on any atom is -0.352 e. The number of imidazole rings is 1. The molecule has 0 saturated carbocycles. The van der Waals surface area contributed by atoms with Crippen LogP contribution in [0.15, 0.2) is 59.8 Å². The van der Waals surface area contributed by atoms with E-state index in [9.17, 15) is 13.2 Å². The Kier molecular flexibility index (Phi) is 7.52. The van der Waals surface area contributed by atoms with Gasteiger partial charge in [-0.2, -0.15) is 0 Å². The molecule has 0 aliphatic rings. The van der Waals surface area contributed by atoms with E-state index in [4.69, 9.17) is 0 Å². The maximum Gasteiger partial charge on any atom is 0.251 e. The number of hydrogen-bond donors (Lipinski definition) is 1. The van der Waals surface area contributed by atoms with Crippen LogP contribution in [0.25, 0.3) is 5.65 Å². The van der Waals surface area contributed by atoms with Gasteiger partial charge in [-0.25, -0.2) is 17.7 Å². The molecule has 0 aliphatic carbocycles. The van der Waals surface area contributed by atoms with Crippen molar-refractivity contribution in [2.24, 2.45) is 0 Å². The van der Waals surface area contributed by atoms with Crippen molar-refractivity contribution in [1.29, 1.82) is 0 Å². The van der Waals surface area contributed by atoms with Gasteiger partial charge in [0, 0.05) is 48.7 Å². The molecule has 2 heterocycles. The average Bonchev–Trinajstić information content (AvgIpc) is 3.18. The van der Waals surface area contributed by atoms with Crippen molar-refractivity contribution >= 4 is 33.3 Å². The van der Waals surface area contributed by atoms with Crippen LogP contribution in [-0.4, -0.2) is 53.9 Å². The topological polar surface area (TPSA) is 83.8 Å². The normalized spacial score (nSPS) is 11.8. The highest BCUT2D eigenvalue weighted by Gasteiger charge is 2.14. The third-order valence-corrected chi connectivity index (χ3v) is 7.60. The van der Waals surface area contributed by atoms with Crippen molar-refractivity contribution in [2.45, 2.75) is 24.0 Å². The summed E-state index contributed by atoms with van der Waals surface area (Å²) in [5, 5.41) is 2.84. The van der Waals surface area contributed by atoms with E-state index < -0.39 is 10.0 Å². The van der Waals surface area contributed by atoms with Gasteiger partial charge in [0.15, 0.2) is 0 Å². The summed E-state index contributed by atoms with van der Waals surface area (Å²) in [6, 6.07) is 13.4. The molecule has 1 aromatic carbocycles. The maximum atomic E-state index is 12.3. The number of sulfonamides is 1. The van der Waals surface area contributed by atoms with E-state index in [1.165, 1.54) is 4.31 Å². The highest BCUT2D eigenvalue weighted by atomic mass is 32.2. The van der Waals surface area contributed by atoms with E-state index in [0.29, 0.717) is 25.1 Å². The van der Waals surface area contributed by atoms with Gasteiger partial charge in [-0.15, -0.1) is 11.8 Å². The second-order valence-corrected chi connectivity index (χ2v) is 10.3. The number of aromatic nitrogens is 2. The van der Waals surface area contributed by atoms with E-state index in [1.54, 1.807) is 37.9 Å². The molecule has 0 unspecified atom stereocenters. The number of benzene rings is 1. The number of thioether (sulfide) groups is 1. The molecule has 160 valence electrons. The summed E-state index contributed by atoms with van der Waals surface area (Å²) in [7, 11) is -1.62. The van der Waals surface area contributed by atoms with Gasteiger partial charge in [0.25, 0.3) is 5.91 Å². The third-order valence-electron chi connectivity index (χ3n) is 4.69. The van der Waals surface area contributed by atoms with Crippen molar-refractivity contribution in [3.05, 3.63) is 66.1 Å². The van der Waals surface area contributed by atoms with E-state index >= 15 is 0 Å². The molecule has 30 heavy (non-hydrogen) atoms. The molecule has 9 heteroatoms. The maximum absolute atomic E-state index is 12.3. The lowest BCUT2D eigenvalue weighted by atomic mass is 10.2. The van der Waals surface area contributed by atoms with Crippen LogP contribution < -0.4 is 5.32 Å². The summed E-state index contributed by atoms with van der Waals surface area (Å²) in [4.78, 5) is 17.9. The molecule has 1 N–H and O–H groups in total. The van der Waals surface area contributed by atoms with Crippen LogP contribution >= 0.6 is 11.8 Å². The molecular formula is C21H26N4O3S2. The second-order valence-electron chi connectivity index (χ2n) is 6.84. The summed E-state index contributed by atoms with van der Waals surface area (Å²) >= 11 is 1.67. The van der Waals surface area contributed by atoms with Gasteiger partial charge in [0.05, 0.1) is 11.4 Å². The third kappa shape index (κ3) is 5.84. The molecule has 0 radical (unpaired) electrons. The number of fused-ring (bicyclic) bond motifs is 1. The Balaban J connectivity index is 1.44. The first-order valence-electron chi connectivity index (χ1n) is 9.77. The van der Waals surface area contributed by atoms with Gasteiger partial charge in [-0.1, -0.05) is 6.07 Å². The van der Waals surface area contributed by atoms with Crippen molar-refractivity contribution in [1.82, 2.24) is 19.0 Å². The lowest BCUT2D eigenvalue weighted by molar-refractivity contribution is 0.0953. The summed E-state index contributed by atoms with van der Waals surface area (Å²) in [5.41, 5.74) is 2.52. The second kappa shape index (κ2) is 10.1. The Morgan fingerprint density at radius 2 is 1.97 bits per heavy atom. The predicted octanol–water partition coefficient (Wildman–Crippen LogP) is 3.03. The summed E-state index contributed by atoms with van der Waals surface area (Å²) in [6.45, 7) is 2.43. The quantitative estimate of drug-likeness (QED) is 0.382. The van der Waals surface area contributed by atoms with Crippen LogP contribution in [0.3, 0.4) is 0 Å². The Hall–Kier alpha value is -2.36. The number of nitrogens with one attached hydrogen (secondary N) is 1. The zero-order valence-electron chi connectivity index (χ0n) is 17.1.